The van der Waals surface area contributed by atoms with Crippen LogP contribution in [0.15, 0.2) is 29.0 Å². The Morgan fingerprint density at radius 1 is 1.38 bits per heavy atom. The van der Waals surface area contributed by atoms with Gasteiger partial charge < -0.3 is 10.1 Å². The molecule has 8 heteroatoms. The molecule has 1 unspecified atom stereocenters. The summed E-state index contributed by atoms with van der Waals surface area (Å²) in [4.78, 5) is 13.4. The van der Waals surface area contributed by atoms with Crippen molar-refractivity contribution < 1.29 is 4.74 Å². The largest absolute Gasteiger partial charge is 0.377 e. The number of aromatic nitrogens is 5. The molecule has 0 spiro atoms. The molecule has 1 atom stereocenters. The van der Waals surface area contributed by atoms with E-state index in [1.807, 2.05) is 22.9 Å². The van der Waals surface area contributed by atoms with Gasteiger partial charge in [-0.1, -0.05) is 15.9 Å². The van der Waals surface area contributed by atoms with Gasteiger partial charge in [-0.2, -0.15) is 5.10 Å². The molecule has 124 valence electrons. The summed E-state index contributed by atoms with van der Waals surface area (Å²) >= 11 is 3.51. The molecule has 0 saturated heterocycles. The molecule has 0 saturated carbocycles. The van der Waals surface area contributed by atoms with Crippen LogP contribution in [-0.2, 0) is 17.9 Å². The van der Waals surface area contributed by atoms with E-state index in [9.17, 15) is 0 Å². The summed E-state index contributed by atoms with van der Waals surface area (Å²) in [6.07, 6.45) is 3.63. The average Bonchev–Trinajstić information content (AvgIpc) is 2.99. The Morgan fingerprint density at radius 3 is 3.17 bits per heavy atom. The Labute approximate surface area is 147 Å². The van der Waals surface area contributed by atoms with Gasteiger partial charge in [0.15, 0.2) is 5.82 Å². The molecular weight excluding hydrogens is 372 g/mol. The maximum absolute atomic E-state index is 5.15. The molecule has 3 aromatic rings. The zero-order valence-corrected chi connectivity index (χ0v) is 14.8. The Bertz CT molecular complexity index is 880. The lowest BCUT2D eigenvalue weighted by Crippen LogP contribution is -2.23. The minimum absolute atomic E-state index is 0.0777. The van der Waals surface area contributed by atoms with E-state index >= 15 is 0 Å². The van der Waals surface area contributed by atoms with E-state index in [1.165, 1.54) is 0 Å². The SMILES string of the molecule is COCc1nc2n(n1)CCCC2Nc1ncnc2ccc(Br)cc12. The number of hydrogen-bond donors (Lipinski definition) is 1. The molecular formula is C16H17BrN6O. The van der Waals surface area contributed by atoms with E-state index in [1.54, 1.807) is 13.4 Å². The topological polar surface area (TPSA) is 77.8 Å². The lowest BCUT2D eigenvalue weighted by atomic mass is 10.1. The maximum atomic E-state index is 5.15. The number of anilines is 1. The first-order chi connectivity index (χ1) is 11.7. The summed E-state index contributed by atoms with van der Waals surface area (Å²) in [5, 5.41) is 9.02. The first-order valence-corrected chi connectivity index (χ1v) is 8.63. The predicted octanol–water partition coefficient (Wildman–Crippen LogP) is 3.08. The third-order valence-corrected chi connectivity index (χ3v) is 4.59. The summed E-state index contributed by atoms with van der Waals surface area (Å²) in [6.45, 7) is 1.32. The fourth-order valence-electron chi connectivity index (χ4n) is 3.04. The molecule has 2 aromatic heterocycles. The zero-order chi connectivity index (χ0) is 16.5. The number of methoxy groups -OCH3 is 1. The van der Waals surface area contributed by atoms with Gasteiger partial charge in [0.2, 0.25) is 0 Å². The van der Waals surface area contributed by atoms with Crippen LogP contribution in [0.25, 0.3) is 10.9 Å². The standard InChI is InChI=1S/C16H17BrN6O/c1-24-8-14-21-16-13(3-2-6-23(16)22-14)20-15-11-7-10(17)4-5-12(11)18-9-19-15/h4-5,7,9,13H,2-3,6,8H2,1H3,(H,18,19,20). The van der Waals surface area contributed by atoms with Gasteiger partial charge in [-0.05, 0) is 31.0 Å². The number of ether oxygens (including phenoxy) is 1. The molecule has 7 nitrogen and oxygen atoms in total. The highest BCUT2D eigenvalue weighted by atomic mass is 79.9. The molecule has 3 heterocycles. The van der Waals surface area contributed by atoms with Crippen molar-refractivity contribution in [1.82, 2.24) is 24.7 Å². The van der Waals surface area contributed by atoms with Crippen LogP contribution >= 0.6 is 15.9 Å². The van der Waals surface area contributed by atoms with Gasteiger partial charge in [-0.3, -0.25) is 0 Å². The molecule has 1 aliphatic heterocycles. The van der Waals surface area contributed by atoms with E-state index in [0.29, 0.717) is 6.61 Å². The third-order valence-electron chi connectivity index (χ3n) is 4.10. The van der Waals surface area contributed by atoms with Gasteiger partial charge in [0.25, 0.3) is 0 Å². The van der Waals surface area contributed by atoms with E-state index in [4.69, 9.17) is 4.74 Å². The van der Waals surface area contributed by atoms with Crippen LogP contribution in [0.1, 0.15) is 30.5 Å². The molecule has 4 rings (SSSR count). The van der Waals surface area contributed by atoms with Gasteiger partial charge in [-0.25, -0.2) is 19.6 Å². The fraction of sp³-hybridized carbons (Fsp3) is 0.375. The predicted molar refractivity (Wildman–Crippen MR) is 93.6 cm³/mol. The Balaban J connectivity index is 1.69. The zero-order valence-electron chi connectivity index (χ0n) is 13.2. The lowest BCUT2D eigenvalue weighted by molar-refractivity contribution is 0.177. The minimum Gasteiger partial charge on any atom is -0.377 e. The molecule has 0 bridgehead atoms. The number of nitrogens with one attached hydrogen (secondary N) is 1. The van der Waals surface area contributed by atoms with Gasteiger partial charge in [0.1, 0.15) is 24.6 Å². The van der Waals surface area contributed by atoms with Crippen LogP contribution in [0.5, 0.6) is 0 Å². The first-order valence-electron chi connectivity index (χ1n) is 7.84. The highest BCUT2D eigenvalue weighted by Gasteiger charge is 2.25. The van der Waals surface area contributed by atoms with E-state index in [0.717, 1.165) is 52.2 Å². The summed E-state index contributed by atoms with van der Waals surface area (Å²) < 4.78 is 8.11. The van der Waals surface area contributed by atoms with Crippen molar-refractivity contribution >= 4 is 32.7 Å². The second kappa shape index (κ2) is 6.45. The first kappa shape index (κ1) is 15.5. The van der Waals surface area contributed by atoms with Crippen LogP contribution in [0.2, 0.25) is 0 Å². The summed E-state index contributed by atoms with van der Waals surface area (Å²) in [5.41, 5.74) is 0.910. The third kappa shape index (κ3) is 2.87. The summed E-state index contributed by atoms with van der Waals surface area (Å²) in [6, 6.07) is 6.07. The molecule has 0 amide bonds. The molecule has 0 aliphatic carbocycles. The fourth-order valence-corrected chi connectivity index (χ4v) is 3.40. The van der Waals surface area contributed by atoms with Crippen molar-refractivity contribution in [3.05, 3.63) is 40.6 Å². The van der Waals surface area contributed by atoms with Crippen molar-refractivity contribution in [3.63, 3.8) is 0 Å². The molecule has 1 aliphatic rings. The number of halogens is 1. The number of hydrogen-bond acceptors (Lipinski definition) is 6. The summed E-state index contributed by atoms with van der Waals surface area (Å²) in [5.74, 6) is 2.47. The van der Waals surface area contributed by atoms with E-state index in [2.05, 4.69) is 41.3 Å². The van der Waals surface area contributed by atoms with Crippen molar-refractivity contribution in [1.29, 1.82) is 0 Å². The number of aryl methyl sites for hydroxylation is 1. The quantitative estimate of drug-likeness (QED) is 0.739. The maximum Gasteiger partial charge on any atom is 0.176 e. The van der Waals surface area contributed by atoms with Crippen LogP contribution in [-0.4, -0.2) is 31.8 Å². The lowest BCUT2D eigenvalue weighted by Gasteiger charge is -2.24. The van der Waals surface area contributed by atoms with Gasteiger partial charge in [0.05, 0.1) is 11.6 Å². The Kier molecular flexibility index (Phi) is 4.15. The normalized spacial score (nSPS) is 17.0. The monoisotopic (exact) mass is 388 g/mol. The number of nitrogens with zero attached hydrogens (tertiary/aromatic N) is 5. The van der Waals surface area contributed by atoms with E-state index in [-0.39, 0.29) is 6.04 Å². The highest BCUT2D eigenvalue weighted by Crippen LogP contribution is 2.30. The summed E-state index contributed by atoms with van der Waals surface area (Å²) in [7, 11) is 1.65. The van der Waals surface area contributed by atoms with Crippen LogP contribution in [0.4, 0.5) is 5.82 Å². The Morgan fingerprint density at radius 2 is 2.29 bits per heavy atom. The van der Waals surface area contributed by atoms with Gasteiger partial charge in [0, 0.05) is 23.5 Å². The average molecular weight is 389 g/mol. The van der Waals surface area contributed by atoms with Crippen LogP contribution in [0.3, 0.4) is 0 Å². The second-order valence-electron chi connectivity index (χ2n) is 5.77. The van der Waals surface area contributed by atoms with Crippen molar-refractivity contribution in [3.8, 4) is 0 Å². The Hall–Kier alpha value is -2.06. The van der Waals surface area contributed by atoms with E-state index < -0.39 is 0 Å². The van der Waals surface area contributed by atoms with Gasteiger partial charge in [-0.15, -0.1) is 0 Å². The number of fused-ring (bicyclic) bond motifs is 2. The van der Waals surface area contributed by atoms with Gasteiger partial charge >= 0.3 is 0 Å². The molecule has 0 fully saturated rings. The van der Waals surface area contributed by atoms with Crippen LogP contribution in [0, 0.1) is 0 Å². The molecule has 1 N–H and O–H groups in total. The smallest absolute Gasteiger partial charge is 0.176 e. The van der Waals surface area contributed by atoms with Crippen LogP contribution < -0.4 is 5.32 Å². The number of rotatable bonds is 4. The van der Waals surface area contributed by atoms with Crippen molar-refractivity contribution in [2.45, 2.75) is 32.0 Å². The highest BCUT2D eigenvalue weighted by molar-refractivity contribution is 9.10. The van der Waals surface area contributed by atoms with Crippen molar-refractivity contribution in [2.75, 3.05) is 12.4 Å². The number of benzene rings is 1. The molecule has 24 heavy (non-hydrogen) atoms. The minimum atomic E-state index is 0.0777. The molecule has 1 aromatic carbocycles. The molecule has 0 radical (unpaired) electrons. The van der Waals surface area contributed by atoms with Crippen molar-refractivity contribution in [2.24, 2.45) is 0 Å². The second-order valence-corrected chi connectivity index (χ2v) is 6.68.